The van der Waals surface area contributed by atoms with E-state index in [4.69, 9.17) is 0 Å². The van der Waals surface area contributed by atoms with E-state index in [1.165, 1.54) is 25.1 Å². The summed E-state index contributed by atoms with van der Waals surface area (Å²) in [5.41, 5.74) is 1.53. The fourth-order valence-electron chi connectivity index (χ4n) is 2.41. The highest BCUT2D eigenvalue weighted by molar-refractivity contribution is 5.96. The molecule has 146 valence electrons. The molecule has 0 heterocycles. The second-order valence-electron chi connectivity index (χ2n) is 6.03. The van der Waals surface area contributed by atoms with Gasteiger partial charge in [0.15, 0.2) is 0 Å². The number of benzene rings is 2. The molecule has 0 bridgehead atoms. The van der Waals surface area contributed by atoms with Crippen LogP contribution in [0, 0.1) is 17.0 Å². The van der Waals surface area contributed by atoms with Gasteiger partial charge < -0.3 is 16.0 Å². The van der Waals surface area contributed by atoms with Crippen molar-refractivity contribution in [2.45, 2.75) is 13.8 Å². The zero-order valence-electron chi connectivity index (χ0n) is 15.4. The number of rotatable bonds is 7. The van der Waals surface area contributed by atoms with Gasteiger partial charge in [-0.25, -0.2) is 0 Å². The van der Waals surface area contributed by atoms with Crippen molar-refractivity contribution < 1.29 is 19.3 Å². The number of hydrogen-bond acceptors (Lipinski definition) is 5. The van der Waals surface area contributed by atoms with Gasteiger partial charge >= 0.3 is 0 Å². The molecule has 0 saturated heterocycles. The van der Waals surface area contributed by atoms with Crippen LogP contribution in [0.3, 0.4) is 0 Å². The lowest BCUT2D eigenvalue weighted by atomic mass is 10.1. The maximum atomic E-state index is 12.1. The van der Waals surface area contributed by atoms with Crippen molar-refractivity contribution in [3.8, 4) is 0 Å². The molecule has 0 fully saturated rings. The molecular formula is C19H20N4O5. The summed E-state index contributed by atoms with van der Waals surface area (Å²) in [6, 6.07) is 10.6. The van der Waals surface area contributed by atoms with Gasteiger partial charge in [0.05, 0.1) is 4.92 Å². The summed E-state index contributed by atoms with van der Waals surface area (Å²) in [6.45, 7) is 3.34. The maximum Gasteiger partial charge on any atom is 0.273 e. The Labute approximate surface area is 161 Å². The van der Waals surface area contributed by atoms with Gasteiger partial charge in [0, 0.05) is 48.5 Å². The molecule has 3 amide bonds. The quantitative estimate of drug-likeness (QED) is 0.382. The highest BCUT2D eigenvalue weighted by Crippen LogP contribution is 2.19. The summed E-state index contributed by atoms with van der Waals surface area (Å²) in [5.74, 6) is -0.988. The Morgan fingerprint density at radius 1 is 0.929 bits per heavy atom. The van der Waals surface area contributed by atoms with E-state index in [1.54, 1.807) is 31.2 Å². The lowest BCUT2D eigenvalue weighted by Crippen LogP contribution is -2.34. The predicted octanol–water partition coefficient (Wildman–Crippen LogP) is 2.02. The minimum Gasteiger partial charge on any atom is -0.350 e. The molecule has 28 heavy (non-hydrogen) atoms. The van der Waals surface area contributed by atoms with Gasteiger partial charge in [-0.15, -0.1) is 0 Å². The molecule has 2 aromatic carbocycles. The predicted molar refractivity (Wildman–Crippen MR) is 103 cm³/mol. The number of carbonyl (C=O) groups excluding carboxylic acids is 3. The second-order valence-corrected chi connectivity index (χ2v) is 6.03. The highest BCUT2D eigenvalue weighted by atomic mass is 16.6. The van der Waals surface area contributed by atoms with Gasteiger partial charge in [0.1, 0.15) is 0 Å². The van der Waals surface area contributed by atoms with Gasteiger partial charge in [0.25, 0.3) is 17.5 Å². The second kappa shape index (κ2) is 9.26. The third kappa shape index (κ3) is 5.63. The van der Waals surface area contributed by atoms with Gasteiger partial charge in [0.2, 0.25) is 5.91 Å². The summed E-state index contributed by atoms with van der Waals surface area (Å²) < 4.78 is 0. The van der Waals surface area contributed by atoms with Crippen LogP contribution < -0.4 is 16.0 Å². The van der Waals surface area contributed by atoms with E-state index in [-0.39, 0.29) is 36.2 Å². The van der Waals surface area contributed by atoms with Crippen molar-refractivity contribution >= 4 is 29.1 Å². The van der Waals surface area contributed by atoms with Crippen molar-refractivity contribution in [1.29, 1.82) is 0 Å². The first kappa shape index (κ1) is 20.6. The van der Waals surface area contributed by atoms with Crippen LogP contribution in [-0.4, -0.2) is 35.7 Å². The molecular weight excluding hydrogens is 364 g/mol. The smallest absolute Gasteiger partial charge is 0.273 e. The lowest BCUT2D eigenvalue weighted by molar-refractivity contribution is -0.385. The minimum absolute atomic E-state index is 0.122. The van der Waals surface area contributed by atoms with E-state index >= 15 is 0 Å². The van der Waals surface area contributed by atoms with Crippen molar-refractivity contribution in [3.63, 3.8) is 0 Å². The minimum atomic E-state index is -0.538. The SMILES string of the molecule is CC(=O)Nc1ccc(C(=O)NCCNC(=O)c2ccc(C)c([N+](=O)[O-])c2)cc1. The molecule has 0 aliphatic carbocycles. The van der Waals surface area contributed by atoms with Crippen molar-refractivity contribution in [3.05, 3.63) is 69.3 Å². The van der Waals surface area contributed by atoms with Gasteiger partial charge in [-0.3, -0.25) is 24.5 Å². The van der Waals surface area contributed by atoms with E-state index in [2.05, 4.69) is 16.0 Å². The van der Waals surface area contributed by atoms with Gasteiger partial charge in [-0.2, -0.15) is 0 Å². The summed E-state index contributed by atoms with van der Waals surface area (Å²) in [5, 5.41) is 18.8. The molecule has 0 saturated carbocycles. The first-order chi connectivity index (χ1) is 13.3. The van der Waals surface area contributed by atoms with Crippen molar-refractivity contribution in [2.75, 3.05) is 18.4 Å². The fourth-order valence-corrected chi connectivity index (χ4v) is 2.41. The molecule has 2 rings (SSSR count). The Kier molecular flexibility index (Phi) is 6.80. The summed E-state index contributed by atoms with van der Waals surface area (Å²) >= 11 is 0. The molecule has 0 atom stereocenters. The molecule has 0 unspecified atom stereocenters. The molecule has 0 spiro atoms. The molecule has 0 aliphatic rings. The van der Waals surface area contributed by atoms with E-state index in [9.17, 15) is 24.5 Å². The zero-order chi connectivity index (χ0) is 20.7. The Morgan fingerprint density at radius 2 is 1.46 bits per heavy atom. The number of amides is 3. The average Bonchev–Trinajstić information content (AvgIpc) is 2.65. The number of aryl methyl sites for hydroxylation is 1. The number of carbonyl (C=O) groups is 3. The molecule has 0 radical (unpaired) electrons. The summed E-state index contributed by atoms with van der Waals surface area (Å²) in [7, 11) is 0. The van der Waals surface area contributed by atoms with Crippen LogP contribution in [0.15, 0.2) is 42.5 Å². The van der Waals surface area contributed by atoms with E-state index in [0.717, 1.165) is 0 Å². The molecule has 0 aliphatic heterocycles. The average molecular weight is 384 g/mol. The van der Waals surface area contributed by atoms with Crippen LogP contribution in [0.5, 0.6) is 0 Å². The van der Waals surface area contributed by atoms with Crippen LogP contribution >= 0.6 is 0 Å². The molecule has 0 aromatic heterocycles. The third-order valence-corrected chi connectivity index (χ3v) is 3.83. The van der Waals surface area contributed by atoms with Crippen molar-refractivity contribution in [1.82, 2.24) is 10.6 Å². The van der Waals surface area contributed by atoms with Crippen LogP contribution in [0.2, 0.25) is 0 Å². The third-order valence-electron chi connectivity index (χ3n) is 3.83. The maximum absolute atomic E-state index is 12.1. The number of nitro benzene ring substituents is 1. The zero-order valence-corrected chi connectivity index (χ0v) is 15.4. The molecule has 9 heteroatoms. The normalized spacial score (nSPS) is 10.1. The van der Waals surface area contributed by atoms with Crippen LogP contribution in [0.4, 0.5) is 11.4 Å². The Bertz CT molecular complexity index is 909. The molecule has 2 aromatic rings. The first-order valence-electron chi connectivity index (χ1n) is 8.47. The van der Waals surface area contributed by atoms with Gasteiger partial charge in [-0.1, -0.05) is 6.07 Å². The van der Waals surface area contributed by atoms with E-state index < -0.39 is 10.8 Å². The number of nitrogens with one attached hydrogen (secondary N) is 3. The largest absolute Gasteiger partial charge is 0.350 e. The van der Waals surface area contributed by atoms with Gasteiger partial charge in [-0.05, 0) is 37.3 Å². The highest BCUT2D eigenvalue weighted by Gasteiger charge is 2.14. The fraction of sp³-hybridized carbons (Fsp3) is 0.211. The van der Waals surface area contributed by atoms with Crippen LogP contribution in [-0.2, 0) is 4.79 Å². The summed E-state index contributed by atoms with van der Waals surface area (Å²) in [4.78, 5) is 45.5. The Balaban J connectivity index is 1.82. The monoisotopic (exact) mass is 384 g/mol. The van der Waals surface area contributed by atoms with Crippen LogP contribution in [0.25, 0.3) is 0 Å². The van der Waals surface area contributed by atoms with Crippen LogP contribution in [0.1, 0.15) is 33.2 Å². The Morgan fingerprint density at radius 3 is 2.00 bits per heavy atom. The van der Waals surface area contributed by atoms with E-state index in [0.29, 0.717) is 16.8 Å². The van der Waals surface area contributed by atoms with Crippen molar-refractivity contribution in [2.24, 2.45) is 0 Å². The number of nitrogens with zero attached hydrogens (tertiary/aromatic N) is 1. The number of hydrogen-bond donors (Lipinski definition) is 3. The molecule has 3 N–H and O–H groups in total. The molecule has 9 nitrogen and oxygen atoms in total. The Hall–Kier alpha value is -3.75. The number of nitro groups is 1. The first-order valence-corrected chi connectivity index (χ1v) is 8.47. The number of anilines is 1. The summed E-state index contributed by atoms with van der Waals surface area (Å²) in [6.07, 6.45) is 0. The standard InChI is InChI=1S/C19H20N4O5/c1-12-3-4-15(11-17(12)23(27)28)19(26)21-10-9-20-18(25)14-5-7-16(8-6-14)22-13(2)24/h3-8,11H,9-10H2,1-2H3,(H,20,25)(H,21,26)(H,22,24). The van der Waals surface area contributed by atoms with E-state index in [1.807, 2.05) is 0 Å². The topological polar surface area (TPSA) is 130 Å². The lowest BCUT2D eigenvalue weighted by Gasteiger charge is -2.08.